The predicted molar refractivity (Wildman–Crippen MR) is 155 cm³/mol. The first kappa shape index (κ1) is 26.4. The number of nitrogens with zero attached hydrogens (tertiary/aromatic N) is 4. The van der Waals surface area contributed by atoms with Crippen molar-refractivity contribution in [2.45, 2.75) is 38.1 Å². The molecule has 8 nitrogen and oxygen atoms in total. The van der Waals surface area contributed by atoms with E-state index in [-0.39, 0.29) is 11.9 Å². The lowest BCUT2D eigenvalue weighted by Crippen LogP contribution is -2.54. The Morgan fingerprint density at radius 3 is 2.55 bits per heavy atom. The van der Waals surface area contributed by atoms with E-state index >= 15 is 0 Å². The average Bonchev–Trinajstić information content (AvgIpc) is 3.55. The van der Waals surface area contributed by atoms with Crippen LogP contribution in [0.15, 0.2) is 59.6 Å². The third-order valence-electron chi connectivity index (χ3n) is 8.52. The van der Waals surface area contributed by atoms with Crippen LogP contribution in [-0.4, -0.2) is 77.6 Å². The number of ether oxygens (including phenoxy) is 2. The molecule has 0 N–H and O–H groups in total. The van der Waals surface area contributed by atoms with E-state index < -0.39 is 5.54 Å². The van der Waals surface area contributed by atoms with Crippen molar-refractivity contribution in [3.63, 3.8) is 0 Å². The maximum absolute atomic E-state index is 13.7. The number of carbonyl (C=O) groups is 2. The number of aromatic nitrogens is 1. The summed E-state index contributed by atoms with van der Waals surface area (Å²) in [6, 6.07) is 14.0. The van der Waals surface area contributed by atoms with Crippen LogP contribution >= 0.6 is 11.3 Å². The standard InChI is InChI=1S/C31H34N4O4S/c1-4-35-30(37)34-15-12-22-18-23(38-2)19-26(39-3)24(22)10-11-27(34)31(35)13-16-33(17-14-31)29(36)25-20-40-28(32-25)21-8-6-5-7-9-21/h5-9,11,18-20H,4,10,12-17H2,1-3H3/b27-11-. The first-order valence-electron chi connectivity index (χ1n) is 13.8. The van der Waals surface area contributed by atoms with Gasteiger partial charge < -0.3 is 19.3 Å². The van der Waals surface area contributed by atoms with Crippen LogP contribution in [0.2, 0.25) is 0 Å². The number of urea groups is 1. The van der Waals surface area contributed by atoms with Crippen LogP contribution in [0.4, 0.5) is 4.79 Å². The molecule has 0 saturated carbocycles. The van der Waals surface area contributed by atoms with Gasteiger partial charge in [0.25, 0.3) is 5.91 Å². The molecule has 3 aliphatic rings. The Labute approximate surface area is 238 Å². The van der Waals surface area contributed by atoms with Gasteiger partial charge in [-0.05, 0) is 44.2 Å². The Morgan fingerprint density at radius 2 is 1.85 bits per heavy atom. The highest BCUT2D eigenvalue weighted by Crippen LogP contribution is 2.45. The fourth-order valence-electron chi connectivity index (χ4n) is 6.49. The SMILES string of the molecule is CCN1C(=O)N2CCc3cc(OC)cc(OC)c3C/C=C\2C12CCN(C(=O)c1csc(-c3ccccc3)n1)CC2. The summed E-state index contributed by atoms with van der Waals surface area (Å²) in [5.41, 5.74) is 4.42. The Bertz CT molecular complexity index is 1460. The van der Waals surface area contributed by atoms with Gasteiger partial charge in [-0.25, -0.2) is 9.78 Å². The lowest BCUT2D eigenvalue weighted by atomic mass is 9.82. The molecule has 0 radical (unpaired) electrons. The largest absolute Gasteiger partial charge is 0.497 e. The molecule has 9 heteroatoms. The molecule has 3 aromatic rings. The lowest BCUT2D eigenvalue weighted by molar-refractivity contribution is 0.0571. The van der Waals surface area contributed by atoms with Gasteiger partial charge in [-0.1, -0.05) is 36.4 Å². The molecule has 3 aliphatic heterocycles. The van der Waals surface area contributed by atoms with Gasteiger partial charge in [-0.3, -0.25) is 9.69 Å². The van der Waals surface area contributed by atoms with E-state index in [0.29, 0.717) is 51.1 Å². The molecule has 2 fully saturated rings. The number of piperidine rings is 1. The molecule has 4 heterocycles. The number of methoxy groups -OCH3 is 2. The van der Waals surface area contributed by atoms with Gasteiger partial charge in [0.2, 0.25) is 0 Å². The van der Waals surface area contributed by atoms with Gasteiger partial charge in [0.05, 0.1) is 19.8 Å². The van der Waals surface area contributed by atoms with Crippen molar-refractivity contribution in [2.75, 3.05) is 40.4 Å². The highest BCUT2D eigenvalue weighted by Gasteiger charge is 2.54. The van der Waals surface area contributed by atoms with E-state index in [1.165, 1.54) is 11.3 Å². The van der Waals surface area contributed by atoms with E-state index in [1.807, 2.05) is 63.4 Å². The average molecular weight is 559 g/mol. The molecule has 1 spiro atoms. The maximum atomic E-state index is 13.7. The Kier molecular flexibility index (Phi) is 7.00. The van der Waals surface area contributed by atoms with Gasteiger partial charge >= 0.3 is 6.03 Å². The summed E-state index contributed by atoms with van der Waals surface area (Å²) in [6.07, 6.45) is 5.00. The van der Waals surface area contributed by atoms with Crippen molar-refractivity contribution >= 4 is 23.3 Å². The molecule has 0 unspecified atom stereocenters. The van der Waals surface area contributed by atoms with E-state index in [9.17, 15) is 9.59 Å². The van der Waals surface area contributed by atoms with Crippen molar-refractivity contribution in [1.29, 1.82) is 0 Å². The summed E-state index contributed by atoms with van der Waals surface area (Å²) in [5.74, 6) is 1.52. The number of amides is 3. The number of allylic oxidation sites excluding steroid dienone is 1. The van der Waals surface area contributed by atoms with Crippen LogP contribution in [0.25, 0.3) is 10.6 Å². The highest BCUT2D eigenvalue weighted by molar-refractivity contribution is 7.13. The van der Waals surface area contributed by atoms with Gasteiger partial charge in [-0.15, -0.1) is 11.3 Å². The second kappa shape index (κ2) is 10.6. The monoisotopic (exact) mass is 558 g/mol. The zero-order valence-electron chi connectivity index (χ0n) is 23.2. The van der Waals surface area contributed by atoms with Crippen LogP contribution < -0.4 is 9.47 Å². The van der Waals surface area contributed by atoms with Gasteiger partial charge in [0.1, 0.15) is 22.2 Å². The molecule has 6 rings (SSSR count). The van der Waals surface area contributed by atoms with E-state index in [0.717, 1.165) is 45.3 Å². The van der Waals surface area contributed by atoms with E-state index in [1.54, 1.807) is 14.2 Å². The third kappa shape index (κ3) is 4.33. The number of fused-ring (bicyclic) bond motifs is 3. The molecule has 1 aromatic heterocycles. The van der Waals surface area contributed by atoms with Gasteiger partial charge in [0, 0.05) is 54.4 Å². The lowest BCUT2D eigenvalue weighted by Gasteiger charge is -2.44. The van der Waals surface area contributed by atoms with Crippen LogP contribution in [-0.2, 0) is 12.8 Å². The zero-order valence-corrected chi connectivity index (χ0v) is 24.0. The minimum atomic E-state index is -0.420. The molecule has 40 heavy (non-hydrogen) atoms. The van der Waals surface area contributed by atoms with Crippen LogP contribution in [0.3, 0.4) is 0 Å². The predicted octanol–water partition coefficient (Wildman–Crippen LogP) is 5.24. The quantitative estimate of drug-likeness (QED) is 0.428. The molecular formula is C31H34N4O4S. The second-order valence-electron chi connectivity index (χ2n) is 10.4. The van der Waals surface area contributed by atoms with Crippen molar-refractivity contribution in [1.82, 2.24) is 19.7 Å². The van der Waals surface area contributed by atoms with Gasteiger partial charge in [-0.2, -0.15) is 0 Å². The number of likely N-dealkylation sites (tertiary alicyclic amines) is 1. The minimum Gasteiger partial charge on any atom is -0.497 e. The fraction of sp³-hybridized carbons (Fsp3) is 0.387. The van der Waals surface area contributed by atoms with E-state index in [2.05, 4.69) is 17.1 Å². The first-order chi connectivity index (χ1) is 19.5. The summed E-state index contributed by atoms with van der Waals surface area (Å²) >= 11 is 1.49. The molecule has 0 aliphatic carbocycles. The van der Waals surface area contributed by atoms with Crippen molar-refractivity contribution in [3.05, 3.63) is 76.4 Å². The Hall–Kier alpha value is -3.85. The third-order valence-corrected chi connectivity index (χ3v) is 9.41. The highest BCUT2D eigenvalue weighted by atomic mass is 32.1. The summed E-state index contributed by atoms with van der Waals surface area (Å²) < 4.78 is 11.2. The maximum Gasteiger partial charge on any atom is 0.325 e. The van der Waals surface area contributed by atoms with E-state index in [4.69, 9.17) is 9.47 Å². The molecule has 2 aromatic carbocycles. The smallest absolute Gasteiger partial charge is 0.325 e. The summed E-state index contributed by atoms with van der Waals surface area (Å²) in [5, 5.41) is 2.70. The molecule has 3 amide bonds. The second-order valence-corrected chi connectivity index (χ2v) is 11.3. The molecule has 2 saturated heterocycles. The number of carbonyl (C=O) groups excluding carboxylic acids is 2. The number of likely N-dealkylation sites (N-methyl/N-ethyl adjacent to an activating group) is 1. The Morgan fingerprint density at radius 1 is 1.07 bits per heavy atom. The summed E-state index contributed by atoms with van der Waals surface area (Å²) in [6.45, 7) is 4.40. The number of hydrogen-bond donors (Lipinski definition) is 0. The van der Waals surface area contributed by atoms with Crippen molar-refractivity contribution in [3.8, 4) is 22.1 Å². The first-order valence-corrected chi connectivity index (χ1v) is 14.7. The zero-order chi connectivity index (χ0) is 27.9. The molecular weight excluding hydrogens is 524 g/mol. The minimum absolute atomic E-state index is 0.0447. The molecule has 208 valence electrons. The van der Waals surface area contributed by atoms with Crippen LogP contribution in [0.5, 0.6) is 11.5 Å². The number of hydrogen-bond acceptors (Lipinski definition) is 6. The van der Waals surface area contributed by atoms with Crippen molar-refractivity contribution < 1.29 is 19.1 Å². The van der Waals surface area contributed by atoms with Gasteiger partial charge in [0.15, 0.2) is 0 Å². The number of benzene rings is 2. The topological polar surface area (TPSA) is 75.2 Å². The van der Waals surface area contributed by atoms with Crippen LogP contribution in [0, 0.1) is 0 Å². The summed E-state index contributed by atoms with van der Waals surface area (Å²) in [4.78, 5) is 37.7. The number of thiazole rings is 1. The van der Waals surface area contributed by atoms with Crippen molar-refractivity contribution in [2.24, 2.45) is 0 Å². The summed E-state index contributed by atoms with van der Waals surface area (Å²) in [7, 11) is 3.34. The molecule has 0 atom stereocenters. The number of rotatable bonds is 5. The normalized spacial score (nSPS) is 19.4. The Balaban J connectivity index is 1.26. The molecule has 0 bridgehead atoms. The fourth-order valence-corrected chi connectivity index (χ4v) is 7.29. The van der Waals surface area contributed by atoms with Crippen LogP contribution in [0.1, 0.15) is 41.4 Å².